The van der Waals surface area contributed by atoms with E-state index < -0.39 is 17.7 Å². The maximum absolute atomic E-state index is 12.8. The van der Waals surface area contributed by atoms with Gasteiger partial charge in [-0.15, -0.1) is 0 Å². The van der Waals surface area contributed by atoms with Crippen molar-refractivity contribution in [2.24, 2.45) is 0 Å². The highest BCUT2D eigenvalue weighted by Gasteiger charge is 2.30. The second kappa shape index (κ2) is 10.9. The molecule has 0 fully saturated rings. The van der Waals surface area contributed by atoms with E-state index in [9.17, 15) is 18.0 Å². The van der Waals surface area contributed by atoms with Gasteiger partial charge in [0, 0.05) is 0 Å². The van der Waals surface area contributed by atoms with E-state index in [4.69, 9.17) is 14.6 Å². The van der Waals surface area contributed by atoms with Gasteiger partial charge in [0.1, 0.15) is 11.5 Å². The standard InChI is InChI=1S/C26H25F3O4/c1-18(15-25(30)31)19-7-11-23(12-8-19)32-16-21(20-5-3-2-4-6-20)17-33-24-13-9-22(10-14-24)26(27,28)29/h2-14,18,21H,15-17H2,1H3,(H,30,31). The lowest BCUT2D eigenvalue weighted by Crippen LogP contribution is -2.18. The predicted molar refractivity (Wildman–Crippen MR) is 119 cm³/mol. The third kappa shape index (κ3) is 7.27. The number of halogens is 3. The number of ether oxygens (including phenoxy) is 2. The molecule has 0 spiro atoms. The summed E-state index contributed by atoms with van der Waals surface area (Å²) in [5.74, 6) is -0.121. The highest BCUT2D eigenvalue weighted by atomic mass is 19.4. The van der Waals surface area contributed by atoms with Crippen molar-refractivity contribution in [3.63, 3.8) is 0 Å². The monoisotopic (exact) mass is 458 g/mol. The van der Waals surface area contributed by atoms with Gasteiger partial charge in [-0.2, -0.15) is 13.2 Å². The zero-order chi connectivity index (χ0) is 23.8. The lowest BCUT2D eigenvalue weighted by atomic mass is 9.98. The normalized spacial score (nSPS) is 13.2. The molecule has 3 aromatic rings. The van der Waals surface area contributed by atoms with Crippen LogP contribution in [0.3, 0.4) is 0 Å². The van der Waals surface area contributed by atoms with Crippen LogP contribution in [0.2, 0.25) is 0 Å². The molecule has 0 saturated heterocycles. The molecule has 0 bridgehead atoms. The van der Waals surface area contributed by atoms with Gasteiger partial charge in [0.2, 0.25) is 0 Å². The molecule has 7 heteroatoms. The van der Waals surface area contributed by atoms with Crippen molar-refractivity contribution in [2.75, 3.05) is 13.2 Å². The molecular weight excluding hydrogens is 433 g/mol. The summed E-state index contributed by atoms with van der Waals surface area (Å²) < 4.78 is 50.0. The average molecular weight is 458 g/mol. The maximum Gasteiger partial charge on any atom is 0.416 e. The molecule has 0 saturated carbocycles. The third-order valence-electron chi connectivity index (χ3n) is 5.28. The van der Waals surface area contributed by atoms with Crippen LogP contribution in [0.15, 0.2) is 78.9 Å². The Morgan fingerprint density at radius 2 is 1.33 bits per heavy atom. The van der Waals surface area contributed by atoms with Crippen LogP contribution in [0.25, 0.3) is 0 Å². The predicted octanol–water partition coefficient (Wildman–Crippen LogP) is 6.53. The minimum Gasteiger partial charge on any atom is -0.493 e. The fraction of sp³-hybridized carbons (Fsp3) is 0.269. The largest absolute Gasteiger partial charge is 0.493 e. The minimum absolute atomic E-state index is 0.0531. The summed E-state index contributed by atoms with van der Waals surface area (Å²) in [4.78, 5) is 10.9. The van der Waals surface area contributed by atoms with E-state index in [1.54, 1.807) is 12.1 Å². The van der Waals surface area contributed by atoms with Crippen molar-refractivity contribution in [1.82, 2.24) is 0 Å². The van der Waals surface area contributed by atoms with Crippen molar-refractivity contribution in [2.45, 2.75) is 31.4 Å². The molecule has 2 unspecified atom stereocenters. The molecule has 0 amide bonds. The Morgan fingerprint density at radius 3 is 1.82 bits per heavy atom. The summed E-state index contributed by atoms with van der Waals surface area (Å²) in [6.07, 6.45) is -4.34. The molecule has 2 atom stereocenters. The Morgan fingerprint density at radius 1 is 0.818 bits per heavy atom. The van der Waals surface area contributed by atoms with E-state index in [0.717, 1.165) is 23.3 Å². The quantitative estimate of drug-likeness (QED) is 0.376. The molecule has 4 nitrogen and oxygen atoms in total. The van der Waals surface area contributed by atoms with Crippen LogP contribution in [-0.2, 0) is 11.0 Å². The summed E-state index contributed by atoms with van der Waals surface area (Å²) in [7, 11) is 0. The van der Waals surface area contributed by atoms with Crippen LogP contribution in [0.5, 0.6) is 11.5 Å². The number of hydrogen-bond donors (Lipinski definition) is 1. The van der Waals surface area contributed by atoms with Gasteiger partial charge < -0.3 is 14.6 Å². The van der Waals surface area contributed by atoms with Crippen molar-refractivity contribution in [1.29, 1.82) is 0 Å². The van der Waals surface area contributed by atoms with Crippen molar-refractivity contribution in [3.8, 4) is 11.5 Å². The van der Waals surface area contributed by atoms with E-state index in [1.165, 1.54) is 12.1 Å². The highest BCUT2D eigenvalue weighted by Crippen LogP contribution is 2.30. The third-order valence-corrected chi connectivity index (χ3v) is 5.28. The molecule has 1 N–H and O–H groups in total. The Kier molecular flexibility index (Phi) is 7.98. The van der Waals surface area contributed by atoms with E-state index in [1.807, 2.05) is 49.4 Å². The summed E-state index contributed by atoms with van der Waals surface area (Å²) in [5.41, 5.74) is 1.17. The fourth-order valence-corrected chi connectivity index (χ4v) is 3.37. The molecule has 3 rings (SSSR count). The average Bonchev–Trinajstić information content (AvgIpc) is 2.79. The van der Waals surface area contributed by atoms with Gasteiger partial charge in [0.15, 0.2) is 0 Å². The molecule has 0 aliphatic carbocycles. The maximum atomic E-state index is 12.8. The number of carbonyl (C=O) groups is 1. The van der Waals surface area contributed by atoms with Crippen LogP contribution in [-0.4, -0.2) is 24.3 Å². The molecule has 0 heterocycles. The smallest absolute Gasteiger partial charge is 0.416 e. The molecule has 0 radical (unpaired) electrons. The van der Waals surface area contributed by atoms with Crippen molar-refractivity contribution < 1.29 is 32.5 Å². The van der Waals surface area contributed by atoms with E-state index in [-0.39, 0.29) is 24.9 Å². The van der Waals surface area contributed by atoms with Crippen LogP contribution < -0.4 is 9.47 Å². The Hall–Kier alpha value is -3.48. The SMILES string of the molecule is CC(CC(=O)O)c1ccc(OCC(COc2ccc(C(F)(F)F)cc2)c2ccccc2)cc1. The number of benzene rings is 3. The zero-order valence-corrected chi connectivity index (χ0v) is 18.1. The second-order valence-corrected chi connectivity index (χ2v) is 7.82. The first-order chi connectivity index (χ1) is 15.7. The van der Waals surface area contributed by atoms with Crippen LogP contribution >= 0.6 is 0 Å². The summed E-state index contributed by atoms with van der Waals surface area (Å²) in [6.45, 7) is 2.38. The van der Waals surface area contributed by atoms with Crippen molar-refractivity contribution in [3.05, 3.63) is 95.6 Å². The van der Waals surface area contributed by atoms with Crippen LogP contribution in [0.4, 0.5) is 13.2 Å². The molecule has 33 heavy (non-hydrogen) atoms. The topological polar surface area (TPSA) is 55.8 Å². The minimum atomic E-state index is -4.39. The Bertz CT molecular complexity index is 1020. The van der Waals surface area contributed by atoms with E-state index in [2.05, 4.69) is 0 Å². The Balaban J connectivity index is 1.64. The second-order valence-electron chi connectivity index (χ2n) is 7.82. The lowest BCUT2D eigenvalue weighted by molar-refractivity contribution is -0.138. The lowest BCUT2D eigenvalue weighted by Gasteiger charge is -2.19. The first-order valence-corrected chi connectivity index (χ1v) is 10.5. The first kappa shape index (κ1) is 24.2. The number of alkyl halides is 3. The van der Waals surface area contributed by atoms with Gasteiger partial charge in [-0.25, -0.2) is 0 Å². The van der Waals surface area contributed by atoms with Crippen LogP contribution in [0, 0.1) is 0 Å². The molecule has 0 aliphatic heterocycles. The van der Waals surface area contributed by atoms with Crippen molar-refractivity contribution >= 4 is 5.97 Å². The van der Waals surface area contributed by atoms with Gasteiger partial charge in [-0.05, 0) is 53.4 Å². The highest BCUT2D eigenvalue weighted by molar-refractivity contribution is 5.68. The fourth-order valence-electron chi connectivity index (χ4n) is 3.37. The van der Waals surface area contributed by atoms with E-state index in [0.29, 0.717) is 18.1 Å². The Labute approximate surface area is 190 Å². The summed E-state index contributed by atoms with van der Waals surface area (Å²) >= 11 is 0. The molecule has 0 aromatic heterocycles. The number of aliphatic carboxylic acids is 1. The molecule has 3 aromatic carbocycles. The summed E-state index contributed by atoms with van der Waals surface area (Å²) in [5, 5.41) is 8.95. The van der Waals surface area contributed by atoms with Gasteiger partial charge >= 0.3 is 12.1 Å². The zero-order valence-electron chi connectivity index (χ0n) is 18.1. The van der Waals surface area contributed by atoms with E-state index >= 15 is 0 Å². The van der Waals surface area contributed by atoms with Gasteiger partial charge in [-0.1, -0.05) is 49.4 Å². The van der Waals surface area contributed by atoms with Gasteiger partial charge in [-0.3, -0.25) is 4.79 Å². The van der Waals surface area contributed by atoms with Gasteiger partial charge in [0.25, 0.3) is 0 Å². The number of hydrogen-bond acceptors (Lipinski definition) is 3. The number of carboxylic acids is 1. The molecule has 174 valence electrons. The number of carboxylic acid groups (broad SMARTS) is 1. The van der Waals surface area contributed by atoms with Gasteiger partial charge in [0.05, 0.1) is 31.1 Å². The summed E-state index contributed by atoms with van der Waals surface area (Å²) in [6, 6.07) is 21.5. The molecular formula is C26H25F3O4. The number of rotatable bonds is 10. The first-order valence-electron chi connectivity index (χ1n) is 10.5. The molecule has 0 aliphatic rings. The van der Waals surface area contributed by atoms with Crippen LogP contribution in [0.1, 0.15) is 41.9 Å².